The summed E-state index contributed by atoms with van der Waals surface area (Å²) in [5.74, 6) is -0.324. The molecule has 1 aromatic carbocycles. The molecule has 7 heteroatoms. The van der Waals surface area contributed by atoms with E-state index in [4.69, 9.17) is 14.6 Å². The van der Waals surface area contributed by atoms with Gasteiger partial charge in [-0.05, 0) is 18.2 Å². The lowest BCUT2D eigenvalue weighted by atomic mass is 10.1. The van der Waals surface area contributed by atoms with Gasteiger partial charge in [-0.25, -0.2) is 0 Å². The third-order valence-corrected chi connectivity index (χ3v) is 3.97. The minimum atomic E-state index is -0.923. The van der Waals surface area contributed by atoms with E-state index < -0.39 is 12.1 Å². The number of carboxylic acid groups (broad SMARTS) is 1. The van der Waals surface area contributed by atoms with E-state index in [2.05, 4.69) is 15.9 Å². The highest BCUT2D eigenvalue weighted by atomic mass is 79.9. The summed E-state index contributed by atoms with van der Waals surface area (Å²) in [6.45, 7) is 1.14. The second-order valence-electron chi connectivity index (χ2n) is 5.06. The number of nitrogens with zero attached hydrogens (tertiary/aromatic N) is 1. The normalized spacial score (nSPS) is 18.1. The molecule has 1 fully saturated rings. The molecule has 0 aromatic heterocycles. The molecule has 1 heterocycles. The van der Waals surface area contributed by atoms with Crippen molar-refractivity contribution in [3.05, 3.63) is 28.2 Å². The molecule has 120 valence electrons. The first-order valence-electron chi connectivity index (χ1n) is 6.93. The maximum Gasteiger partial charge on any atom is 0.306 e. The number of hydrogen-bond acceptors (Lipinski definition) is 4. The number of benzene rings is 1. The van der Waals surface area contributed by atoms with Crippen molar-refractivity contribution >= 4 is 27.8 Å². The van der Waals surface area contributed by atoms with Crippen LogP contribution in [-0.2, 0) is 20.7 Å². The van der Waals surface area contributed by atoms with Crippen molar-refractivity contribution in [2.45, 2.75) is 18.9 Å². The largest absolute Gasteiger partial charge is 0.496 e. The van der Waals surface area contributed by atoms with E-state index in [0.717, 1.165) is 10.0 Å². The fraction of sp³-hybridized carbons (Fsp3) is 0.467. The van der Waals surface area contributed by atoms with Gasteiger partial charge in [0.05, 0.1) is 32.7 Å². The van der Waals surface area contributed by atoms with Crippen molar-refractivity contribution in [3.8, 4) is 5.75 Å². The number of hydrogen-bond donors (Lipinski definition) is 1. The van der Waals surface area contributed by atoms with Gasteiger partial charge >= 0.3 is 5.97 Å². The topological polar surface area (TPSA) is 76.1 Å². The van der Waals surface area contributed by atoms with E-state index in [0.29, 0.717) is 25.4 Å². The standard InChI is InChI=1S/C15H18BrNO5/c1-21-13-3-2-11(16)6-10(13)7-14(18)17-4-5-22-12(9-17)8-15(19)20/h2-3,6,12H,4-5,7-9H2,1H3,(H,19,20)/t12-/m0/s1. The fourth-order valence-corrected chi connectivity index (χ4v) is 2.83. The molecular weight excluding hydrogens is 354 g/mol. The second-order valence-corrected chi connectivity index (χ2v) is 5.98. The molecule has 1 amide bonds. The third kappa shape index (κ3) is 4.45. The lowest BCUT2D eigenvalue weighted by Crippen LogP contribution is -2.46. The van der Waals surface area contributed by atoms with E-state index in [1.54, 1.807) is 18.1 Å². The molecule has 1 N–H and O–H groups in total. The fourth-order valence-electron chi connectivity index (χ4n) is 2.42. The maximum atomic E-state index is 12.4. The number of aliphatic carboxylic acids is 1. The van der Waals surface area contributed by atoms with Crippen LogP contribution in [0.4, 0.5) is 0 Å². The van der Waals surface area contributed by atoms with Crippen LogP contribution in [0, 0.1) is 0 Å². The quantitative estimate of drug-likeness (QED) is 0.852. The van der Waals surface area contributed by atoms with Crippen LogP contribution in [0.5, 0.6) is 5.75 Å². The molecule has 1 saturated heterocycles. The summed E-state index contributed by atoms with van der Waals surface area (Å²) in [5.41, 5.74) is 0.795. The van der Waals surface area contributed by atoms with Crippen LogP contribution in [0.3, 0.4) is 0 Å². The first-order valence-corrected chi connectivity index (χ1v) is 7.72. The highest BCUT2D eigenvalue weighted by Gasteiger charge is 2.26. The van der Waals surface area contributed by atoms with Gasteiger partial charge < -0.3 is 19.5 Å². The van der Waals surface area contributed by atoms with Gasteiger partial charge in [0.25, 0.3) is 0 Å². The van der Waals surface area contributed by atoms with Crippen LogP contribution in [0.25, 0.3) is 0 Å². The van der Waals surface area contributed by atoms with Gasteiger partial charge in [0.15, 0.2) is 0 Å². The summed E-state index contributed by atoms with van der Waals surface area (Å²) in [4.78, 5) is 24.8. The number of halogens is 1. The van der Waals surface area contributed by atoms with Crippen LogP contribution in [-0.4, -0.2) is 54.8 Å². The maximum absolute atomic E-state index is 12.4. The Hall–Kier alpha value is -1.60. The number of morpholine rings is 1. The van der Waals surface area contributed by atoms with Crippen LogP contribution in [0.1, 0.15) is 12.0 Å². The van der Waals surface area contributed by atoms with Crippen LogP contribution in [0.2, 0.25) is 0 Å². The molecule has 22 heavy (non-hydrogen) atoms. The van der Waals surface area contributed by atoms with Crippen molar-refractivity contribution in [3.63, 3.8) is 0 Å². The van der Waals surface area contributed by atoms with Crippen molar-refractivity contribution in [1.29, 1.82) is 0 Å². The Morgan fingerprint density at radius 3 is 2.95 bits per heavy atom. The molecule has 1 aromatic rings. The van der Waals surface area contributed by atoms with Crippen LogP contribution < -0.4 is 4.74 Å². The molecule has 0 saturated carbocycles. The summed E-state index contributed by atoms with van der Waals surface area (Å²) in [6, 6.07) is 5.51. The zero-order chi connectivity index (χ0) is 16.1. The van der Waals surface area contributed by atoms with E-state index in [-0.39, 0.29) is 18.7 Å². The van der Waals surface area contributed by atoms with E-state index >= 15 is 0 Å². The number of amides is 1. The van der Waals surface area contributed by atoms with Gasteiger partial charge in [-0.15, -0.1) is 0 Å². The number of rotatable bonds is 5. The Balaban J connectivity index is 2.02. The van der Waals surface area contributed by atoms with Crippen molar-refractivity contribution < 1.29 is 24.2 Å². The molecule has 6 nitrogen and oxygen atoms in total. The van der Waals surface area contributed by atoms with Gasteiger partial charge in [0.1, 0.15) is 5.75 Å². The number of carboxylic acids is 1. The van der Waals surface area contributed by atoms with Gasteiger partial charge in [-0.2, -0.15) is 0 Å². The zero-order valence-corrected chi connectivity index (χ0v) is 13.8. The van der Waals surface area contributed by atoms with Crippen molar-refractivity contribution in [2.24, 2.45) is 0 Å². The van der Waals surface area contributed by atoms with Crippen LogP contribution >= 0.6 is 15.9 Å². The summed E-state index contributed by atoms with van der Waals surface area (Å²) in [6.07, 6.45) is -0.327. The monoisotopic (exact) mass is 371 g/mol. The number of carbonyl (C=O) groups is 2. The SMILES string of the molecule is COc1ccc(Br)cc1CC(=O)N1CCO[C@@H](CC(=O)O)C1. The Morgan fingerprint density at radius 2 is 2.27 bits per heavy atom. The van der Waals surface area contributed by atoms with Gasteiger partial charge in [-0.3, -0.25) is 9.59 Å². The Labute approximate surface area is 137 Å². The van der Waals surface area contributed by atoms with Crippen LogP contribution in [0.15, 0.2) is 22.7 Å². The zero-order valence-electron chi connectivity index (χ0n) is 12.3. The first-order chi connectivity index (χ1) is 10.5. The molecule has 0 unspecified atom stereocenters. The smallest absolute Gasteiger partial charge is 0.306 e. The van der Waals surface area contributed by atoms with E-state index in [9.17, 15) is 9.59 Å². The summed E-state index contributed by atoms with van der Waals surface area (Å²) >= 11 is 3.38. The molecule has 1 atom stereocenters. The first kappa shape index (κ1) is 16.8. The second kappa shape index (κ2) is 7.60. The molecule has 0 aliphatic carbocycles. The molecule has 1 aliphatic rings. The molecule has 0 radical (unpaired) electrons. The highest BCUT2D eigenvalue weighted by molar-refractivity contribution is 9.10. The van der Waals surface area contributed by atoms with Gasteiger partial charge in [-0.1, -0.05) is 15.9 Å². The van der Waals surface area contributed by atoms with Gasteiger partial charge in [0, 0.05) is 23.1 Å². The van der Waals surface area contributed by atoms with E-state index in [1.165, 1.54) is 0 Å². The molecule has 1 aliphatic heterocycles. The molecule has 0 spiro atoms. The average Bonchev–Trinajstić information content (AvgIpc) is 2.47. The third-order valence-electron chi connectivity index (χ3n) is 3.48. The molecule has 0 bridgehead atoms. The highest BCUT2D eigenvalue weighted by Crippen LogP contribution is 2.24. The Bertz CT molecular complexity index is 563. The lowest BCUT2D eigenvalue weighted by molar-refractivity contribution is -0.147. The summed E-state index contributed by atoms with van der Waals surface area (Å²) in [5, 5.41) is 8.82. The lowest BCUT2D eigenvalue weighted by Gasteiger charge is -2.32. The summed E-state index contributed by atoms with van der Waals surface area (Å²) in [7, 11) is 1.56. The minimum Gasteiger partial charge on any atom is -0.496 e. The number of ether oxygens (including phenoxy) is 2. The minimum absolute atomic E-state index is 0.0601. The predicted octanol–water partition coefficient (Wildman–Crippen LogP) is 1.70. The van der Waals surface area contributed by atoms with E-state index in [1.807, 2.05) is 12.1 Å². The molecular formula is C15H18BrNO5. The predicted molar refractivity (Wildman–Crippen MR) is 83.0 cm³/mol. The summed E-state index contributed by atoms with van der Waals surface area (Å²) < 4.78 is 11.5. The Kier molecular flexibility index (Phi) is 5.79. The average molecular weight is 372 g/mol. The van der Waals surface area contributed by atoms with Crippen molar-refractivity contribution in [1.82, 2.24) is 4.90 Å². The number of carbonyl (C=O) groups excluding carboxylic acids is 1. The van der Waals surface area contributed by atoms with Gasteiger partial charge in [0.2, 0.25) is 5.91 Å². The van der Waals surface area contributed by atoms with Crippen molar-refractivity contribution in [2.75, 3.05) is 26.8 Å². The Morgan fingerprint density at radius 1 is 1.50 bits per heavy atom. The molecule has 2 rings (SSSR count). The number of methoxy groups -OCH3 is 1.